The van der Waals surface area contributed by atoms with E-state index in [2.05, 4.69) is 59.4 Å². The minimum absolute atomic E-state index is 0.611. The fourth-order valence-electron chi connectivity index (χ4n) is 3.17. The molecule has 3 rings (SSSR count). The first-order valence-electron chi connectivity index (χ1n) is 7.63. The summed E-state index contributed by atoms with van der Waals surface area (Å²) in [7, 11) is 0. The van der Waals surface area contributed by atoms with Gasteiger partial charge < -0.3 is 10.2 Å². The third kappa shape index (κ3) is 2.50. The molecule has 0 amide bonds. The highest BCUT2D eigenvalue weighted by Crippen LogP contribution is 2.29. The predicted molar refractivity (Wildman–Crippen MR) is 85.4 cm³/mol. The number of nitrogens with one attached hydrogen (secondary N) is 1. The molecule has 1 aliphatic rings. The molecule has 1 atom stereocenters. The lowest BCUT2D eigenvalue weighted by Crippen LogP contribution is -2.37. The molecule has 1 saturated heterocycles. The van der Waals surface area contributed by atoms with E-state index in [-0.39, 0.29) is 0 Å². The van der Waals surface area contributed by atoms with Crippen LogP contribution >= 0.6 is 0 Å². The van der Waals surface area contributed by atoms with Gasteiger partial charge in [0, 0.05) is 35.9 Å². The van der Waals surface area contributed by atoms with E-state index in [1.165, 1.54) is 23.9 Å². The number of benzene rings is 1. The topological polar surface area (TPSA) is 28.2 Å². The van der Waals surface area contributed by atoms with Crippen molar-refractivity contribution in [3.05, 3.63) is 36.0 Å². The van der Waals surface area contributed by atoms with Crippen LogP contribution in [0.4, 0.5) is 5.69 Å². The molecule has 1 aromatic heterocycles. The average Bonchev–Trinajstić information content (AvgIpc) is 2.98. The maximum absolute atomic E-state index is 4.66. The number of anilines is 1. The summed E-state index contributed by atoms with van der Waals surface area (Å²) in [6.45, 7) is 7.68. The van der Waals surface area contributed by atoms with Gasteiger partial charge >= 0.3 is 0 Å². The Balaban J connectivity index is 2.09. The molecular weight excluding hydrogens is 246 g/mol. The molecule has 1 unspecified atom stereocenters. The molecule has 0 bridgehead atoms. The number of para-hydroxylation sites is 1. The van der Waals surface area contributed by atoms with Crippen LogP contribution in [-0.4, -0.2) is 30.7 Å². The zero-order chi connectivity index (χ0) is 13.9. The molecule has 1 fully saturated rings. The molecule has 20 heavy (non-hydrogen) atoms. The summed E-state index contributed by atoms with van der Waals surface area (Å²) < 4.78 is 0. The SMILES string of the molecule is CCCN(c1cc(C)nc2ccccc12)C1CCNC1. The van der Waals surface area contributed by atoms with Gasteiger partial charge in [0.2, 0.25) is 0 Å². The smallest absolute Gasteiger partial charge is 0.0726 e. The van der Waals surface area contributed by atoms with Gasteiger partial charge in [0.15, 0.2) is 0 Å². The molecule has 0 spiro atoms. The number of nitrogens with zero attached hydrogens (tertiary/aromatic N) is 2. The first-order chi connectivity index (χ1) is 9.79. The van der Waals surface area contributed by atoms with E-state index in [0.717, 1.165) is 30.8 Å². The minimum atomic E-state index is 0.611. The van der Waals surface area contributed by atoms with E-state index in [1.54, 1.807) is 0 Å². The van der Waals surface area contributed by atoms with E-state index >= 15 is 0 Å². The number of pyridine rings is 1. The maximum atomic E-state index is 4.66. The van der Waals surface area contributed by atoms with Crippen LogP contribution in [-0.2, 0) is 0 Å². The zero-order valence-corrected chi connectivity index (χ0v) is 12.4. The van der Waals surface area contributed by atoms with Crippen LogP contribution < -0.4 is 10.2 Å². The quantitative estimate of drug-likeness (QED) is 0.924. The Morgan fingerprint density at radius 3 is 2.95 bits per heavy atom. The standard InChI is InChI=1S/C17H23N3/c1-3-10-20(14-8-9-18-12-14)17-11-13(2)19-16-7-5-4-6-15(16)17/h4-7,11,14,18H,3,8-10,12H2,1-2H3. The Bertz CT molecular complexity index is 588. The lowest BCUT2D eigenvalue weighted by atomic mass is 10.1. The summed E-state index contributed by atoms with van der Waals surface area (Å²) in [6.07, 6.45) is 2.40. The largest absolute Gasteiger partial charge is 0.367 e. The van der Waals surface area contributed by atoms with Gasteiger partial charge in [-0.15, -0.1) is 0 Å². The van der Waals surface area contributed by atoms with Crippen molar-refractivity contribution in [1.29, 1.82) is 0 Å². The number of hydrogen-bond donors (Lipinski definition) is 1. The normalized spacial score (nSPS) is 18.6. The van der Waals surface area contributed by atoms with Crippen molar-refractivity contribution in [1.82, 2.24) is 10.3 Å². The van der Waals surface area contributed by atoms with Crippen molar-refractivity contribution < 1.29 is 0 Å². The molecule has 1 aliphatic heterocycles. The zero-order valence-electron chi connectivity index (χ0n) is 12.4. The van der Waals surface area contributed by atoms with E-state index < -0.39 is 0 Å². The summed E-state index contributed by atoms with van der Waals surface area (Å²) in [4.78, 5) is 7.24. The Morgan fingerprint density at radius 2 is 2.20 bits per heavy atom. The van der Waals surface area contributed by atoms with Gasteiger partial charge in [0.1, 0.15) is 0 Å². The molecule has 2 heterocycles. The number of hydrogen-bond acceptors (Lipinski definition) is 3. The van der Waals surface area contributed by atoms with Crippen LogP contribution in [0.25, 0.3) is 10.9 Å². The first-order valence-corrected chi connectivity index (χ1v) is 7.63. The van der Waals surface area contributed by atoms with Crippen LogP contribution in [0.5, 0.6) is 0 Å². The monoisotopic (exact) mass is 269 g/mol. The van der Waals surface area contributed by atoms with Crippen LogP contribution in [0.3, 0.4) is 0 Å². The fourth-order valence-corrected chi connectivity index (χ4v) is 3.17. The van der Waals surface area contributed by atoms with Crippen molar-refractivity contribution in [3.8, 4) is 0 Å². The second kappa shape index (κ2) is 5.80. The summed E-state index contributed by atoms with van der Waals surface area (Å²) in [5, 5.41) is 4.76. The van der Waals surface area contributed by atoms with E-state index in [9.17, 15) is 0 Å². The molecule has 1 aromatic carbocycles. The third-order valence-electron chi connectivity index (χ3n) is 4.07. The lowest BCUT2D eigenvalue weighted by molar-refractivity contribution is 0.627. The number of aryl methyl sites for hydroxylation is 1. The molecule has 0 radical (unpaired) electrons. The van der Waals surface area contributed by atoms with Crippen LogP contribution in [0.15, 0.2) is 30.3 Å². The van der Waals surface area contributed by atoms with E-state index in [0.29, 0.717) is 6.04 Å². The Morgan fingerprint density at radius 1 is 1.35 bits per heavy atom. The number of rotatable bonds is 4. The molecule has 0 aliphatic carbocycles. The molecule has 2 aromatic rings. The molecule has 1 N–H and O–H groups in total. The van der Waals surface area contributed by atoms with Crippen molar-refractivity contribution in [2.75, 3.05) is 24.5 Å². The third-order valence-corrected chi connectivity index (χ3v) is 4.07. The van der Waals surface area contributed by atoms with E-state index in [1.807, 2.05) is 0 Å². The Kier molecular flexibility index (Phi) is 3.88. The van der Waals surface area contributed by atoms with Crippen molar-refractivity contribution in [2.45, 2.75) is 32.7 Å². The Hall–Kier alpha value is -1.61. The lowest BCUT2D eigenvalue weighted by Gasteiger charge is -2.31. The van der Waals surface area contributed by atoms with Crippen molar-refractivity contribution >= 4 is 16.6 Å². The summed E-state index contributed by atoms with van der Waals surface area (Å²) >= 11 is 0. The Labute approximate surface area is 121 Å². The minimum Gasteiger partial charge on any atom is -0.367 e. The molecule has 3 nitrogen and oxygen atoms in total. The summed E-state index contributed by atoms with van der Waals surface area (Å²) in [5.41, 5.74) is 3.56. The first kappa shape index (κ1) is 13.4. The summed E-state index contributed by atoms with van der Waals surface area (Å²) in [5.74, 6) is 0. The number of fused-ring (bicyclic) bond motifs is 1. The van der Waals surface area contributed by atoms with Crippen molar-refractivity contribution in [3.63, 3.8) is 0 Å². The van der Waals surface area contributed by atoms with Crippen LogP contribution in [0, 0.1) is 6.92 Å². The summed E-state index contributed by atoms with van der Waals surface area (Å²) in [6, 6.07) is 11.3. The molecule has 3 heteroatoms. The van der Waals surface area contributed by atoms with Gasteiger partial charge in [-0.25, -0.2) is 0 Å². The van der Waals surface area contributed by atoms with Gasteiger partial charge in [-0.3, -0.25) is 4.98 Å². The van der Waals surface area contributed by atoms with Gasteiger partial charge in [-0.05, 0) is 38.4 Å². The highest BCUT2D eigenvalue weighted by atomic mass is 15.2. The molecule has 106 valence electrons. The molecule has 0 saturated carbocycles. The van der Waals surface area contributed by atoms with Gasteiger partial charge in [0.05, 0.1) is 5.52 Å². The van der Waals surface area contributed by atoms with Crippen LogP contribution in [0.2, 0.25) is 0 Å². The fraction of sp³-hybridized carbons (Fsp3) is 0.471. The predicted octanol–water partition coefficient (Wildman–Crippen LogP) is 3.12. The van der Waals surface area contributed by atoms with Gasteiger partial charge in [0.25, 0.3) is 0 Å². The number of aromatic nitrogens is 1. The second-order valence-corrected chi connectivity index (χ2v) is 5.64. The highest BCUT2D eigenvalue weighted by molar-refractivity contribution is 5.92. The second-order valence-electron chi connectivity index (χ2n) is 5.64. The maximum Gasteiger partial charge on any atom is 0.0726 e. The molecular formula is C17H23N3. The van der Waals surface area contributed by atoms with E-state index in [4.69, 9.17) is 0 Å². The highest BCUT2D eigenvalue weighted by Gasteiger charge is 2.23. The van der Waals surface area contributed by atoms with Gasteiger partial charge in [-0.1, -0.05) is 25.1 Å². The van der Waals surface area contributed by atoms with Gasteiger partial charge in [-0.2, -0.15) is 0 Å². The average molecular weight is 269 g/mol. The van der Waals surface area contributed by atoms with Crippen molar-refractivity contribution in [2.24, 2.45) is 0 Å². The van der Waals surface area contributed by atoms with Crippen LogP contribution in [0.1, 0.15) is 25.5 Å².